The Hall–Kier alpha value is -1.75. The van der Waals surface area contributed by atoms with E-state index in [2.05, 4.69) is 52.3 Å². The summed E-state index contributed by atoms with van der Waals surface area (Å²) in [6.07, 6.45) is 4.80. The van der Waals surface area contributed by atoms with E-state index in [0.717, 1.165) is 51.4 Å². The van der Waals surface area contributed by atoms with Crippen molar-refractivity contribution in [2.45, 2.75) is 43.9 Å². The van der Waals surface area contributed by atoms with E-state index >= 15 is 0 Å². The van der Waals surface area contributed by atoms with Crippen molar-refractivity contribution in [3.63, 3.8) is 0 Å². The Labute approximate surface area is 180 Å². The maximum absolute atomic E-state index is 6.35. The highest BCUT2D eigenvalue weighted by Crippen LogP contribution is 2.47. The van der Waals surface area contributed by atoms with Crippen LogP contribution in [0, 0.1) is 0 Å². The average Bonchev–Trinajstić information content (AvgIpc) is 3.13. The van der Waals surface area contributed by atoms with Crippen LogP contribution in [0.5, 0.6) is 5.75 Å². The molecule has 1 spiro atoms. The predicted octanol–water partition coefficient (Wildman–Crippen LogP) is 4.61. The van der Waals surface area contributed by atoms with E-state index in [9.17, 15) is 0 Å². The molecule has 1 aliphatic carbocycles. The second kappa shape index (κ2) is 8.55. The molecule has 1 saturated heterocycles. The normalized spacial score (nSPS) is 26.8. The summed E-state index contributed by atoms with van der Waals surface area (Å²) in [5, 5.41) is 0. The van der Waals surface area contributed by atoms with Crippen LogP contribution >= 0.6 is 12.4 Å². The van der Waals surface area contributed by atoms with Crippen LogP contribution in [0.4, 0.5) is 5.69 Å². The van der Waals surface area contributed by atoms with Crippen LogP contribution in [-0.2, 0) is 16.9 Å². The van der Waals surface area contributed by atoms with Crippen molar-refractivity contribution in [2.75, 3.05) is 38.2 Å². The highest BCUT2D eigenvalue weighted by molar-refractivity contribution is 5.85. The third-order valence-corrected chi connectivity index (χ3v) is 7.02. The fraction of sp³-hybridized carbons (Fsp3) is 0.500. The van der Waals surface area contributed by atoms with Crippen LogP contribution in [0.1, 0.15) is 36.8 Å². The van der Waals surface area contributed by atoms with Crippen LogP contribution < -0.4 is 9.64 Å². The molecule has 29 heavy (non-hydrogen) atoms. The summed E-state index contributed by atoms with van der Waals surface area (Å²) < 4.78 is 11.7. The zero-order valence-electron chi connectivity index (χ0n) is 17.2. The molecule has 0 aromatic heterocycles. The largest absolute Gasteiger partial charge is 0.497 e. The van der Waals surface area contributed by atoms with Crippen LogP contribution in [-0.4, -0.2) is 44.2 Å². The molecular weight excluding hydrogens is 384 g/mol. The van der Waals surface area contributed by atoms with Gasteiger partial charge in [0.2, 0.25) is 0 Å². The fourth-order valence-electron chi connectivity index (χ4n) is 5.38. The molecule has 5 heteroatoms. The van der Waals surface area contributed by atoms with Gasteiger partial charge in [-0.25, -0.2) is 0 Å². The van der Waals surface area contributed by atoms with Gasteiger partial charge in [0, 0.05) is 44.0 Å². The lowest BCUT2D eigenvalue weighted by Crippen LogP contribution is -2.52. The quantitative estimate of drug-likeness (QED) is 0.732. The van der Waals surface area contributed by atoms with Crippen molar-refractivity contribution in [3.05, 3.63) is 59.7 Å². The first-order valence-corrected chi connectivity index (χ1v) is 10.6. The predicted molar refractivity (Wildman–Crippen MR) is 119 cm³/mol. The molecule has 4 nitrogen and oxygen atoms in total. The third-order valence-electron chi connectivity index (χ3n) is 7.02. The molecule has 2 fully saturated rings. The number of anilines is 1. The minimum atomic E-state index is -0.00446. The maximum atomic E-state index is 6.35. The number of ether oxygens (including phenoxy) is 2. The molecule has 1 saturated carbocycles. The van der Waals surface area contributed by atoms with E-state index in [1.54, 1.807) is 7.11 Å². The fourth-order valence-corrected chi connectivity index (χ4v) is 5.38. The number of rotatable bonds is 3. The van der Waals surface area contributed by atoms with Crippen LogP contribution in [0.2, 0.25) is 0 Å². The summed E-state index contributed by atoms with van der Waals surface area (Å²) in [7, 11) is 1.74. The molecule has 2 aromatic rings. The Morgan fingerprint density at radius 1 is 0.966 bits per heavy atom. The molecule has 156 valence electrons. The van der Waals surface area contributed by atoms with E-state index in [4.69, 9.17) is 9.47 Å². The monoisotopic (exact) mass is 414 g/mol. The van der Waals surface area contributed by atoms with Crippen molar-refractivity contribution >= 4 is 18.1 Å². The van der Waals surface area contributed by atoms with Crippen molar-refractivity contribution in [1.29, 1.82) is 0 Å². The zero-order chi connectivity index (χ0) is 19.0. The van der Waals surface area contributed by atoms with Gasteiger partial charge >= 0.3 is 0 Å². The lowest BCUT2D eigenvalue weighted by atomic mass is 9.77. The first-order valence-electron chi connectivity index (χ1n) is 10.6. The highest BCUT2D eigenvalue weighted by Gasteiger charge is 2.43. The van der Waals surface area contributed by atoms with E-state index in [-0.39, 0.29) is 18.0 Å². The Morgan fingerprint density at radius 3 is 2.48 bits per heavy atom. The number of fused-ring (bicyclic) bond motifs is 2. The summed E-state index contributed by atoms with van der Waals surface area (Å²) in [5.41, 5.74) is 4.12. The number of hydrogen-bond acceptors (Lipinski definition) is 4. The minimum absolute atomic E-state index is 0. The second-order valence-corrected chi connectivity index (χ2v) is 8.40. The van der Waals surface area contributed by atoms with Gasteiger partial charge in [-0.3, -0.25) is 4.90 Å². The summed E-state index contributed by atoms with van der Waals surface area (Å²) in [6.45, 7) is 5.26. The standard InChI is InChI=1S/C24H30N2O2.ClH/c1-27-22-7-4-6-21(17-22)26-15-13-25(14-16-26)20-9-11-24(12-10-20)23-8-3-2-5-19(23)18-28-24;/h2-8,17,20H,9-16,18H2,1H3;1H. The van der Waals surface area contributed by atoms with Crippen LogP contribution in [0.25, 0.3) is 0 Å². The zero-order valence-corrected chi connectivity index (χ0v) is 18.0. The third kappa shape index (κ3) is 3.86. The number of benzene rings is 2. The number of methoxy groups -OCH3 is 1. The van der Waals surface area contributed by atoms with Crippen molar-refractivity contribution < 1.29 is 9.47 Å². The van der Waals surface area contributed by atoms with E-state index in [1.165, 1.54) is 29.7 Å². The van der Waals surface area contributed by atoms with Gasteiger partial charge in [-0.2, -0.15) is 0 Å². The van der Waals surface area contributed by atoms with Crippen molar-refractivity contribution in [3.8, 4) is 5.75 Å². The summed E-state index contributed by atoms with van der Waals surface area (Å²) >= 11 is 0. The van der Waals surface area contributed by atoms with E-state index in [0.29, 0.717) is 6.04 Å². The number of piperazine rings is 1. The highest BCUT2D eigenvalue weighted by atomic mass is 35.5. The Balaban J connectivity index is 0.00000205. The van der Waals surface area contributed by atoms with Crippen LogP contribution in [0.3, 0.4) is 0 Å². The number of nitrogens with zero attached hydrogens (tertiary/aromatic N) is 2. The lowest BCUT2D eigenvalue weighted by Gasteiger charge is -2.45. The van der Waals surface area contributed by atoms with Gasteiger partial charge in [0.05, 0.1) is 19.3 Å². The molecule has 2 heterocycles. The Morgan fingerprint density at radius 2 is 1.72 bits per heavy atom. The molecular formula is C24H31ClN2O2. The minimum Gasteiger partial charge on any atom is -0.497 e. The molecule has 0 amide bonds. The smallest absolute Gasteiger partial charge is 0.120 e. The number of halogens is 1. The average molecular weight is 415 g/mol. The van der Waals surface area contributed by atoms with Crippen molar-refractivity contribution in [2.24, 2.45) is 0 Å². The molecule has 2 aliphatic heterocycles. The van der Waals surface area contributed by atoms with Gasteiger partial charge in [-0.05, 0) is 48.9 Å². The second-order valence-electron chi connectivity index (χ2n) is 8.40. The van der Waals surface area contributed by atoms with Gasteiger partial charge in [0.15, 0.2) is 0 Å². The molecule has 0 radical (unpaired) electrons. The SMILES string of the molecule is COc1cccc(N2CCN(C3CCC4(CC3)OCc3ccccc34)CC2)c1.Cl. The topological polar surface area (TPSA) is 24.9 Å². The first kappa shape index (κ1) is 20.5. The molecule has 2 aromatic carbocycles. The summed E-state index contributed by atoms with van der Waals surface area (Å²) in [4.78, 5) is 5.20. The van der Waals surface area contributed by atoms with Gasteiger partial charge in [0.1, 0.15) is 5.75 Å². The molecule has 0 N–H and O–H groups in total. The van der Waals surface area contributed by atoms with E-state index in [1.807, 2.05) is 6.07 Å². The number of hydrogen-bond donors (Lipinski definition) is 0. The van der Waals surface area contributed by atoms with Gasteiger partial charge in [0.25, 0.3) is 0 Å². The van der Waals surface area contributed by atoms with Gasteiger partial charge < -0.3 is 14.4 Å². The maximum Gasteiger partial charge on any atom is 0.120 e. The molecule has 5 rings (SSSR count). The van der Waals surface area contributed by atoms with Crippen LogP contribution in [0.15, 0.2) is 48.5 Å². The molecule has 0 unspecified atom stereocenters. The summed E-state index contributed by atoms with van der Waals surface area (Å²) in [5.74, 6) is 0.939. The van der Waals surface area contributed by atoms with E-state index < -0.39 is 0 Å². The van der Waals surface area contributed by atoms with Gasteiger partial charge in [-0.15, -0.1) is 12.4 Å². The summed E-state index contributed by atoms with van der Waals surface area (Å²) in [6, 6.07) is 18.0. The lowest BCUT2D eigenvalue weighted by molar-refractivity contribution is -0.0777. The molecule has 0 bridgehead atoms. The van der Waals surface area contributed by atoms with Crippen molar-refractivity contribution in [1.82, 2.24) is 4.90 Å². The Bertz CT molecular complexity index is 827. The molecule has 0 atom stereocenters. The Kier molecular flexibility index (Phi) is 6.05. The molecule has 3 aliphatic rings. The first-order chi connectivity index (χ1) is 13.8. The van der Waals surface area contributed by atoms with Gasteiger partial charge in [-0.1, -0.05) is 30.3 Å².